The molecule has 1 N–H and O–H groups in total. The Labute approximate surface area is 172 Å². The zero-order chi connectivity index (χ0) is 20.7. The molecule has 0 amide bonds. The first kappa shape index (κ1) is 18.0. The monoisotopic (exact) mass is 397 g/mol. The minimum Gasteiger partial charge on any atom is -0.361 e. The Hall–Kier alpha value is -4.07. The molecule has 0 aliphatic heterocycles. The van der Waals surface area contributed by atoms with Crippen molar-refractivity contribution in [1.29, 1.82) is 0 Å². The normalized spacial score (nSPS) is 11.2. The highest BCUT2D eigenvalue weighted by atomic mass is 16.5. The van der Waals surface area contributed by atoms with Gasteiger partial charge in [-0.2, -0.15) is 5.10 Å². The van der Waals surface area contributed by atoms with Gasteiger partial charge in [0.1, 0.15) is 17.9 Å². The van der Waals surface area contributed by atoms with E-state index in [1.807, 2.05) is 73.9 Å². The predicted octanol–water partition coefficient (Wildman–Crippen LogP) is 4.53. The maximum Gasteiger partial charge on any atom is 0.153 e. The van der Waals surface area contributed by atoms with Crippen LogP contribution in [0.15, 0.2) is 59.4 Å². The van der Waals surface area contributed by atoms with Gasteiger partial charge in [0, 0.05) is 5.69 Å². The number of fused-ring (bicyclic) bond motifs is 1. The molecule has 0 aliphatic rings. The molecule has 0 saturated carbocycles. The molecule has 0 saturated heterocycles. The number of imidazole rings is 1. The van der Waals surface area contributed by atoms with Crippen LogP contribution in [0, 0.1) is 20.8 Å². The predicted molar refractivity (Wildman–Crippen MR) is 114 cm³/mol. The molecular weight excluding hydrogens is 378 g/mol. The summed E-state index contributed by atoms with van der Waals surface area (Å²) in [6.45, 7) is 5.72. The molecule has 30 heavy (non-hydrogen) atoms. The van der Waals surface area contributed by atoms with E-state index in [0.717, 1.165) is 50.9 Å². The lowest BCUT2D eigenvalue weighted by Gasteiger charge is -2.08. The van der Waals surface area contributed by atoms with Crippen molar-refractivity contribution >= 4 is 22.5 Å². The molecule has 8 nitrogen and oxygen atoms in total. The summed E-state index contributed by atoms with van der Waals surface area (Å²) in [7, 11) is 0. The molecule has 0 aliphatic carbocycles. The second-order valence-corrected chi connectivity index (χ2v) is 7.08. The molecule has 5 aromatic rings. The van der Waals surface area contributed by atoms with E-state index >= 15 is 0 Å². The molecule has 1 aromatic carbocycles. The van der Waals surface area contributed by atoms with Crippen LogP contribution in [-0.2, 0) is 0 Å². The lowest BCUT2D eigenvalue weighted by molar-refractivity contribution is 0.393. The van der Waals surface area contributed by atoms with Crippen molar-refractivity contribution in [1.82, 2.24) is 29.9 Å². The third kappa shape index (κ3) is 3.18. The largest absolute Gasteiger partial charge is 0.361 e. The number of anilines is 2. The van der Waals surface area contributed by atoms with Crippen molar-refractivity contribution in [2.75, 3.05) is 5.32 Å². The van der Waals surface area contributed by atoms with E-state index in [1.54, 1.807) is 6.33 Å². The zero-order valence-electron chi connectivity index (χ0n) is 16.8. The Bertz CT molecular complexity index is 1330. The summed E-state index contributed by atoms with van der Waals surface area (Å²) in [5.74, 6) is 2.22. The number of pyridine rings is 1. The van der Waals surface area contributed by atoms with Crippen LogP contribution in [0.25, 0.3) is 28.1 Å². The standard InChI is InChI=1S/C22H19N7O/c1-13-7-10-20(27-26-13)24-16-8-9-19-18(11-16)23-12-29(19)21-6-4-5-17(25-21)22-14(2)28-30-15(22)3/h4-12H,1-3H3,(H,24,27). The first-order valence-corrected chi connectivity index (χ1v) is 9.53. The smallest absolute Gasteiger partial charge is 0.153 e. The van der Waals surface area contributed by atoms with E-state index in [0.29, 0.717) is 5.82 Å². The SMILES string of the molecule is Cc1ccc(Nc2ccc3c(c2)ncn3-c2cccc(-c3c(C)noc3C)n2)nn1. The van der Waals surface area contributed by atoms with Gasteiger partial charge < -0.3 is 9.84 Å². The second-order valence-electron chi connectivity index (χ2n) is 7.08. The molecule has 5 rings (SSSR count). The highest BCUT2D eigenvalue weighted by molar-refractivity contribution is 5.82. The van der Waals surface area contributed by atoms with Gasteiger partial charge in [-0.3, -0.25) is 4.57 Å². The van der Waals surface area contributed by atoms with Crippen molar-refractivity contribution < 1.29 is 4.52 Å². The van der Waals surface area contributed by atoms with Crippen molar-refractivity contribution in [2.24, 2.45) is 0 Å². The van der Waals surface area contributed by atoms with Gasteiger partial charge in [0.25, 0.3) is 0 Å². The maximum absolute atomic E-state index is 5.29. The third-order valence-electron chi connectivity index (χ3n) is 4.89. The van der Waals surface area contributed by atoms with Crippen molar-refractivity contribution in [2.45, 2.75) is 20.8 Å². The summed E-state index contributed by atoms with van der Waals surface area (Å²) in [6.07, 6.45) is 1.78. The molecule has 148 valence electrons. The van der Waals surface area contributed by atoms with Gasteiger partial charge in [-0.05, 0) is 63.2 Å². The molecule has 0 radical (unpaired) electrons. The fourth-order valence-corrected chi connectivity index (χ4v) is 3.43. The van der Waals surface area contributed by atoms with E-state index in [9.17, 15) is 0 Å². The van der Waals surface area contributed by atoms with Crippen LogP contribution >= 0.6 is 0 Å². The molecule has 4 heterocycles. The molecule has 0 spiro atoms. The molecule has 0 atom stereocenters. The first-order valence-electron chi connectivity index (χ1n) is 9.53. The van der Waals surface area contributed by atoms with Crippen LogP contribution < -0.4 is 5.32 Å². The quantitative estimate of drug-likeness (QED) is 0.476. The summed E-state index contributed by atoms with van der Waals surface area (Å²) in [4.78, 5) is 9.37. The Kier molecular flexibility index (Phi) is 4.24. The minimum absolute atomic E-state index is 0.688. The number of benzene rings is 1. The average Bonchev–Trinajstić information content (AvgIpc) is 3.32. The van der Waals surface area contributed by atoms with Crippen LogP contribution in [-0.4, -0.2) is 29.9 Å². The Morgan fingerprint density at radius 3 is 2.63 bits per heavy atom. The van der Waals surface area contributed by atoms with Crippen molar-refractivity contribution in [3.05, 3.63) is 72.0 Å². The summed E-state index contributed by atoms with van der Waals surface area (Å²) in [5, 5.41) is 15.5. The molecule has 0 unspecified atom stereocenters. The maximum atomic E-state index is 5.29. The van der Waals surface area contributed by atoms with Crippen LogP contribution in [0.2, 0.25) is 0 Å². The van der Waals surface area contributed by atoms with Crippen LogP contribution in [0.4, 0.5) is 11.5 Å². The molecular formula is C22H19N7O. The molecule has 4 aromatic heterocycles. The average molecular weight is 397 g/mol. The van der Waals surface area contributed by atoms with Crippen LogP contribution in [0.1, 0.15) is 17.1 Å². The summed E-state index contributed by atoms with van der Waals surface area (Å²) in [5.41, 5.74) is 6.14. The zero-order valence-corrected chi connectivity index (χ0v) is 16.8. The molecule has 8 heteroatoms. The van der Waals surface area contributed by atoms with Crippen molar-refractivity contribution in [3.8, 4) is 17.1 Å². The number of hydrogen-bond donors (Lipinski definition) is 1. The Morgan fingerprint density at radius 1 is 0.967 bits per heavy atom. The highest BCUT2D eigenvalue weighted by Crippen LogP contribution is 2.27. The summed E-state index contributed by atoms with van der Waals surface area (Å²) < 4.78 is 7.26. The van der Waals surface area contributed by atoms with Gasteiger partial charge in [-0.15, -0.1) is 5.10 Å². The number of nitrogens with one attached hydrogen (secondary N) is 1. The Balaban J connectivity index is 1.50. The van der Waals surface area contributed by atoms with Gasteiger partial charge in [-0.1, -0.05) is 11.2 Å². The van der Waals surface area contributed by atoms with E-state index in [1.165, 1.54) is 0 Å². The third-order valence-corrected chi connectivity index (χ3v) is 4.89. The number of hydrogen-bond acceptors (Lipinski definition) is 7. The van der Waals surface area contributed by atoms with E-state index in [-0.39, 0.29) is 0 Å². The van der Waals surface area contributed by atoms with Crippen LogP contribution in [0.5, 0.6) is 0 Å². The van der Waals surface area contributed by atoms with Gasteiger partial charge in [-0.25, -0.2) is 9.97 Å². The van der Waals surface area contributed by atoms with Gasteiger partial charge >= 0.3 is 0 Å². The van der Waals surface area contributed by atoms with Gasteiger partial charge in [0.05, 0.1) is 33.7 Å². The fourth-order valence-electron chi connectivity index (χ4n) is 3.43. The van der Waals surface area contributed by atoms with E-state index in [2.05, 4.69) is 25.7 Å². The number of rotatable bonds is 4. The number of aryl methyl sites for hydroxylation is 3. The molecule has 0 bridgehead atoms. The Morgan fingerprint density at radius 2 is 1.87 bits per heavy atom. The topological polar surface area (TPSA) is 94.6 Å². The number of nitrogens with zero attached hydrogens (tertiary/aromatic N) is 6. The van der Waals surface area contributed by atoms with Crippen LogP contribution in [0.3, 0.4) is 0 Å². The number of aromatic nitrogens is 6. The van der Waals surface area contributed by atoms with Crippen molar-refractivity contribution in [3.63, 3.8) is 0 Å². The second kappa shape index (κ2) is 7.07. The first-order chi connectivity index (χ1) is 14.6. The fraction of sp³-hybridized carbons (Fsp3) is 0.136. The lowest BCUT2D eigenvalue weighted by Crippen LogP contribution is -1.98. The van der Waals surface area contributed by atoms with Gasteiger partial charge in [0.2, 0.25) is 0 Å². The van der Waals surface area contributed by atoms with E-state index < -0.39 is 0 Å². The lowest BCUT2D eigenvalue weighted by atomic mass is 10.1. The molecule has 0 fully saturated rings. The van der Waals surface area contributed by atoms with E-state index in [4.69, 9.17) is 9.51 Å². The highest BCUT2D eigenvalue weighted by Gasteiger charge is 2.14. The minimum atomic E-state index is 0.688. The summed E-state index contributed by atoms with van der Waals surface area (Å²) in [6, 6.07) is 15.7. The van der Waals surface area contributed by atoms with Gasteiger partial charge in [0.15, 0.2) is 5.82 Å². The summed E-state index contributed by atoms with van der Waals surface area (Å²) >= 11 is 0.